The van der Waals surface area contributed by atoms with Gasteiger partial charge in [0.2, 0.25) is 0 Å². The molecule has 0 unspecified atom stereocenters. The lowest BCUT2D eigenvalue weighted by molar-refractivity contribution is 0.0954. The van der Waals surface area contributed by atoms with Crippen LogP contribution in [0.25, 0.3) is 0 Å². The summed E-state index contributed by atoms with van der Waals surface area (Å²) in [6.45, 7) is 0.621. The molecule has 0 aliphatic heterocycles. The average molecular weight is 280 g/mol. The van der Waals surface area contributed by atoms with Gasteiger partial charge in [-0.1, -0.05) is 23.3 Å². The number of nitrogens with zero attached hydrogens (tertiary/aromatic N) is 1. The Kier molecular flexibility index (Phi) is 4.80. The smallest absolute Gasteiger partial charge is 0.254 e. The van der Waals surface area contributed by atoms with Gasteiger partial charge in [0.15, 0.2) is 0 Å². The second-order valence-corrected chi connectivity index (χ2v) is 5.08. The summed E-state index contributed by atoms with van der Waals surface area (Å²) < 4.78 is 0. The minimum absolute atomic E-state index is 0.184. The molecule has 102 valence electrons. The second kappa shape index (κ2) is 6.57. The van der Waals surface area contributed by atoms with Gasteiger partial charge in [0.25, 0.3) is 5.91 Å². The number of carbonyl (C=O) groups excluding carboxylic acids is 1. The van der Waals surface area contributed by atoms with Crippen molar-refractivity contribution in [2.24, 2.45) is 0 Å². The SMILES string of the molecule is Nc1cnc(Cl)c(C(=O)NCCC2=CCCCC2)c1. The molecule has 4 nitrogen and oxygen atoms in total. The summed E-state index contributed by atoms with van der Waals surface area (Å²) in [6.07, 6.45) is 9.46. The van der Waals surface area contributed by atoms with E-state index in [1.807, 2.05) is 0 Å². The zero-order valence-electron chi connectivity index (χ0n) is 10.8. The number of amides is 1. The molecular formula is C14H18ClN3O. The molecule has 1 aromatic rings. The number of hydrogen-bond acceptors (Lipinski definition) is 3. The highest BCUT2D eigenvalue weighted by molar-refractivity contribution is 6.32. The number of pyridine rings is 1. The summed E-state index contributed by atoms with van der Waals surface area (Å²) in [5.41, 5.74) is 7.80. The van der Waals surface area contributed by atoms with Crippen LogP contribution in [0, 0.1) is 0 Å². The van der Waals surface area contributed by atoms with E-state index >= 15 is 0 Å². The molecule has 2 rings (SSSR count). The number of carbonyl (C=O) groups is 1. The minimum atomic E-state index is -0.221. The summed E-state index contributed by atoms with van der Waals surface area (Å²) in [5, 5.41) is 3.04. The molecule has 0 atom stereocenters. The molecule has 0 saturated carbocycles. The van der Waals surface area contributed by atoms with Crippen molar-refractivity contribution in [1.29, 1.82) is 0 Å². The van der Waals surface area contributed by atoms with Gasteiger partial charge in [-0.2, -0.15) is 0 Å². The lowest BCUT2D eigenvalue weighted by atomic mass is 9.97. The van der Waals surface area contributed by atoms with Crippen LogP contribution in [0.3, 0.4) is 0 Å². The Bertz CT molecular complexity index is 499. The van der Waals surface area contributed by atoms with Crippen molar-refractivity contribution >= 4 is 23.2 Å². The fourth-order valence-electron chi connectivity index (χ4n) is 2.19. The van der Waals surface area contributed by atoms with Crippen LogP contribution in [0.1, 0.15) is 42.5 Å². The number of anilines is 1. The van der Waals surface area contributed by atoms with Crippen molar-refractivity contribution in [2.45, 2.75) is 32.1 Å². The highest BCUT2D eigenvalue weighted by Crippen LogP contribution is 2.20. The first-order valence-corrected chi connectivity index (χ1v) is 6.92. The van der Waals surface area contributed by atoms with Gasteiger partial charge in [-0.05, 0) is 38.2 Å². The lowest BCUT2D eigenvalue weighted by Crippen LogP contribution is -2.25. The summed E-state index contributed by atoms with van der Waals surface area (Å²) >= 11 is 5.88. The van der Waals surface area contributed by atoms with Crippen LogP contribution in [-0.2, 0) is 0 Å². The van der Waals surface area contributed by atoms with E-state index in [9.17, 15) is 4.79 Å². The maximum absolute atomic E-state index is 11.9. The summed E-state index contributed by atoms with van der Waals surface area (Å²) in [7, 11) is 0. The van der Waals surface area contributed by atoms with E-state index in [1.165, 1.54) is 24.6 Å². The highest BCUT2D eigenvalue weighted by atomic mass is 35.5. The number of aromatic nitrogens is 1. The van der Waals surface area contributed by atoms with Crippen LogP contribution >= 0.6 is 11.6 Å². The number of hydrogen-bond donors (Lipinski definition) is 2. The Morgan fingerprint density at radius 1 is 1.47 bits per heavy atom. The number of nitrogens with one attached hydrogen (secondary N) is 1. The molecule has 0 spiro atoms. The first-order valence-electron chi connectivity index (χ1n) is 6.54. The minimum Gasteiger partial charge on any atom is -0.397 e. The molecule has 1 aromatic heterocycles. The third kappa shape index (κ3) is 3.96. The van der Waals surface area contributed by atoms with E-state index in [4.69, 9.17) is 17.3 Å². The van der Waals surface area contributed by atoms with Crippen LogP contribution in [0.2, 0.25) is 5.15 Å². The molecule has 1 heterocycles. The molecular weight excluding hydrogens is 262 g/mol. The fourth-order valence-corrected chi connectivity index (χ4v) is 2.38. The van der Waals surface area contributed by atoms with E-state index in [2.05, 4.69) is 16.4 Å². The van der Waals surface area contributed by atoms with Crippen LogP contribution in [-0.4, -0.2) is 17.4 Å². The Labute approximate surface area is 118 Å². The maximum atomic E-state index is 11.9. The zero-order chi connectivity index (χ0) is 13.7. The van der Waals surface area contributed by atoms with E-state index in [0.29, 0.717) is 17.8 Å². The van der Waals surface area contributed by atoms with Crippen LogP contribution in [0.15, 0.2) is 23.9 Å². The van der Waals surface area contributed by atoms with Gasteiger partial charge in [-0.3, -0.25) is 4.79 Å². The number of nitrogen functional groups attached to an aromatic ring is 1. The van der Waals surface area contributed by atoms with Crippen LogP contribution in [0.4, 0.5) is 5.69 Å². The predicted molar refractivity (Wildman–Crippen MR) is 77.2 cm³/mol. The van der Waals surface area contributed by atoms with Gasteiger partial charge in [0.05, 0.1) is 17.4 Å². The Balaban J connectivity index is 1.87. The topological polar surface area (TPSA) is 68.0 Å². The predicted octanol–water partition coefficient (Wildman–Crippen LogP) is 2.94. The van der Waals surface area contributed by atoms with Gasteiger partial charge in [-0.15, -0.1) is 0 Å². The Hall–Kier alpha value is -1.55. The summed E-state index contributed by atoms with van der Waals surface area (Å²) in [5.74, 6) is -0.221. The molecule has 1 aliphatic rings. The molecule has 3 N–H and O–H groups in total. The molecule has 0 aromatic carbocycles. The molecule has 1 aliphatic carbocycles. The highest BCUT2D eigenvalue weighted by Gasteiger charge is 2.12. The van der Waals surface area contributed by atoms with E-state index in [-0.39, 0.29) is 11.1 Å². The van der Waals surface area contributed by atoms with E-state index in [1.54, 1.807) is 6.07 Å². The largest absolute Gasteiger partial charge is 0.397 e. The quantitative estimate of drug-likeness (QED) is 0.658. The molecule has 0 fully saturated rings. The van der Waals surface area contributed by atoms with Crippen LogP contribution < -0.4 is 11.1 Å². The second-order valence-electron chi connectivity index (χ2n) is 4.72. The van der Waals surface area contributed by atoms with Crippen molar-refractivity contribution in [3.63, 3.8) is 0 Å². The standard InChI is InChI=1S/C14H18ClN3O/c15-13-12(8-11(16)9-18-13)14(19)17-7-6-10-4-2-1-3-5-10/h4,8-9H,1-3,5-7,16H2,(H,17,19). The number of rotatable bonds is 4. The van der Waals surface area contributed by atoms with Crippen molar-refractivity contribution in [1.82, 2.24) is 10.3 Å². The van der Waals surface area contributed by atoms with E-state index in [0.717, 1.165) is 19.3 Å². The fraction of sp³-hybridized carbons (Fsp3) is 0.429. The van der Waals surface area contributed by atoms with E-state index < -0.39 is 0 Å². The molecule has 0 radical (unpaired) electrons. The number of halogens is 1. The molecule has 19 heavy (non-hydrogen) atoms. The first-order chi connectivity index (χ1) is 9.16. The molecule has 0 saturated heterocycles. The van der Waals surface area contributed by atoms with Gasteiger partial charge in [0.1, 0.15) is 5.15 Å². The monoisotopic (exact) mass is 279 g/mol. The number of nitrogens with two attached hydrogens (primary N) is 1. The molecule has 5 heteroatoms. The van der Waals surface area contributed by atoms with Gasteiger partial charge >= 0.3 is 0 Å². The summed E-state index contributed by atoms with van der Waals surface area (Å²) in [6, 6.07) is 1.55. The van der Waals surface area contributed by atoms with Crippen LogP contribution in [0.5, 0.6) is 0 Å². The Morgan fingerprint density at radius 2 is 2.32 bits per heavy atom. The summed E-state index contributed by atoms with van der Waals surface area (Å²) in [4.78, 5) is 15.8. The first kappa shape index (κ1) is 13.9. The normalized spacial score (nSPS) is 14.9. The van der Waals surface area contributed by atoms with Crippen molar-refractivity contribution < 1.29 is 4.79 Å². The average Bonchev–Trinajstić information content (AvgIpc) is 2.42. The molecule has 1 amide bonds. The lowest BCUT2D eigenvalue weighted by Gasteiger charge is -2.13. The molecule has 0 bridgehead atoms. The van der Waals surface area contributed by atoms with Gasteiger partial charge in [0, 0.05) is 6.54 Å². The van der Waals surface area contributed by atoms with Crippen molar-refractivity contribution in [2.75, 3.05) is 12.3 Å². The maximum Gasteiger partial charge on any atom is 0.254 e. The van der Waals surface area contributed by atoms with Gasteiger partial charge in [-0.25, -0.2) is 4.98 Å². The van der Waals surface area contributed by atoms with Crippen molar-refractivity contribution in [3.8, 4) is 0 Å². The van der Waals surface area contributed by atoms with Crippen molar-refractivity contribution in [3.05, 3.63) is 34.6 Å². The van der Waals surface area contributed by atoms with Gasteiger partial charge < -0.3 is 11.1 Å². The zero-order valence-corrected chi connectivity index (χ0v) is 11.5. The number of allylic oxidation sites excluding steroid dienone is 1. The third-order valence-corrected chi connectivity index (χ3v) is 3.52. The third-order valence-electron chi connectivity index (χ3n) is 3.22. The Morgan fingerprint density at radius 3 is 3.05 bits per heavy atom.